The number of unbranched alkanes of at least 4 members (excludes halogenated alkanes) is 6. The maximum Gasteiger partial charge on any atom is 0.308 e. The van der Waals surface area contributed by atoms with E-state index in [4.69, 9.17) is 0 Å². The molecule has 0 amide bonds. The number of rotatable bonds is 22. The molecule has 0 radical (unpaired) electrons. The Labute approximate surface area is 194 Å². The average molecular weight is 464 g/mol. The van der Waals surface area contributed by atoms with Gasteiger partial charge in [-0.05, 0) is 47.9 Å². The Hall–Kier alpha value is 0.700. The standard InChI is InChI=1S/C24H57N4P2/c1-7-13-19-26(20-14-8-2)30(25-29,27(21-15-9-3)22-16-10-4)28(23-17-11-5)24-18-12-6/h25H,7-24,29H2,1-6H3/q+1. The molecule has 0 saturated heterocycles. The lowest BCUT2D eigenvalue weighted by Gasteiger charge is -2.47. The van der Waals surface area contributed by atoms with Crippen molar-refractivity contribution >= 4 is 17.3 Å². The van der Waals surface area contributed by atoms with Crippen LogP contribution in [0, 0.1) is 0 Å². The second kappa shape index (κ2) is 20.3. The average Bonchev–Trinajstić information content (AvgIpc) is 2.77. The zero-order valence-electron chi connectivity index (χ0n) is 21.6. The largest absolute Gasteiger partial charge is 0.308 e. The van der Waals surface area contributed by atoms with Gasteiger partial charge in [0.1, 0.15) is 0 Å². The van der Waals surface area contributed by atoms with E-state index in [-0.39, 0.29) is 0 Å². The maximum absolute atomic E-state index is 3.97. The molecule has 0 bridgehead atoms. The van der Waals surface area contributed by atoms with Gasteiger partial charge in [0.25, 0.3) is 0 Å². The summed E-state index contributed by atoms with van der Waals surface area (Å²) in [5.41, 5.74) is 0. The van der Waals surface area contributed by atoms with Gasteiger partial charge >= 0.3 is 7.87 Å². The van der Waals surface area contributed by atoms with Crippen molar-refractivity contribution in [3.8, 4) is 0 Å². The first-order valence-corrected chi connectivity index (χ1v) is 15.5. The topological polar surface area (TPSA) is 21.8 Å². The molecule has 0 saturated carbocycles. The molecule has 0 aliphatic rings. The maximum atomic E-state index is 3.97. The van der Waals surface area contributed by atoms with E-state index >= 15 is 0 Å². The highest BCUT2D eigenvalue weighted by Crippen LogP contribution is 2.65. The molecule has 0 aromatic heterocycles. The number of hydrogen-bond acceptors (Lipinski definition) is 4. The normalized spacial score (nSPS) is 12.6. The summed E-state index contributed by atoms with van der Waals surface area (Å²) in [5, 5.41) is 0. The van der Waals surface area contributed by atoms with Crippen molar-refractivity contribution in [2.45, 2.75) is 119 Å². The van der Waals surface area contributed by atoms with Crippen molar-refractivity contribution in [1.29, 1.82) is 0 Å². The fraction of sp³-hybridized carbons (Fsp3) is 1.00. The van der Waals surface area contributed by atoms with Gasteiger partial charge in [-0.25, -0.2) is 0 Å². The summed E-state index contributed by atoms with van der Waals surface area (Å²) in [6, 6.07) is 0. The molecule has 0 fully saturated rings. The van der Waals surface area contributed by atoms with Crippen LogP contribution in [-0.4, -0.2) is 53.3 Å². The van der Waals surface area contributed by atoms with Crippen LogP contribution in [0.3, 0.4) is 0 Å². The Morgan fingerprint density at radius 1 is 0.467 bits per heavy atom. The zero-order valence-corrected chi connectivity index (χ0v) is 23.6. The lowest BCUT2D eigenvalue weighted by Crippen LogP contribution is -2.51. The van der Waals surface area contributed by atoms with Crippen molar-refractivity contribution in [3.05, 3.63) is 0 Å². The first kappa shape index (κ1) is 30.7. The minimum Gasteiger partial charge on any atom is -0.133 e. The van der Waals surface area contributed by atoms with Crippen LogP contribution in [0.2, 0.25) is 0 Å². The smallest absolute Gasteiger partial charge is 0.133 e. The summed E-state index contributed by atoms with van der Waals surface area (Å²) in [6.45, 7) is 21.3. The Morgan fingerprint density at radius 2 is 0.667 bits per heavy atom. The van der Waals surface area contributed by atoms with Crippen LogP contribution in [-0.2, 0) is 0 Å². The van der Waals surface area contributed by atoms with E-state index in [2.05, 4.69) is 69.8 Å². The predicted octanol–water partition coefficient (Wildman–Crippen LogP) is 7.75. The quantitative estimate of drug-likeness (QED) is 0.166. The lowest BCUT2D eigenvalue weighted by atomic mass is 10.3. The highest BCUT2D eigenvalue weighted by Gasteiger charge is 2.55. The van der Waals surface area contributed by atoms with Crippen LogP contribution >= 0.6 is 17.3 Å². The minimum absolute atomic E-state index is 1.22. The van der Waals surface area contributed by atoms with E-state index in [9.17, 15) is 0 Å². The Morgan fingerprint density at radius 3 is 0.800 bits per heavy atom. The van der Waals surface area contributed by atoms with E-state index in [1.165, 1.54) is 116 Å². The summed E-state index contributed by atoms with van der Waals surface area (Å²) in [5.74, 6) is 0. The molecule has 1 unspecified atom stereocenters. The van der Waals surface area contributed by atoms with E-state index in [1.54, 1.807) is 0 Å². The highest BCUT2D eigenvalue weighted by atomic mass is 31.2. The van der Waals surface area contributed by atoms with Crippen molar-refractivity contribution in [3.63, 3.8) is 0 Å². The molecule has 1 N–H and O–H groups in total. The van der Waals surface area contributed by atoms with Crippen LogP contribution < -0.4 is 4.86 Å². The van der Waals surface area contributed by atoms with Crippen LogP contribution in [0.25, 0.3) is 0 Å². The molecule has 6 heteroatoms. The second-order valence-corrected chi connectivity index (χ2v) is 12.5. The molecule has 0 rings (SSSR count). The van der Waals surface area contributed by atoms with Crippen LogP contribution in [0.15, 0.2) is 0 Å². The zero-order chi connectivity index (χ0) is 22.7. The molecule has 0 aromatic carbocycles. The van der Waals surface area contributed by atoms with Gasteiger partial charge < -0.3 is 0 Å². The molecule has 4 nitrogen and oxygen atoms in total. The number of nitrogens with zero attached hydrogens (tertiary/aromatic N) is 3. The summed E-state index contributed by atoms with van der Waals surface area (Å²) < 4.78 is 8.72. The summed E-state index contributed by atoms with van der Waals surface area (Å²) >= 11 is 0. The number of nitrogens with one attached hydrogen (secondary N) is 1. The third kappa shape index (κ3) is 10.5. The Balaban J connectivity index is 6.26. The third-order valence-electron chi connectivity index (χ3n) is 5.98. The Kier molecular flexibility index (Phi) is 20.8. The summed E-state index contributed by atoms with van der Waals surface area (Å²) in [7, 11) is 1.22. The predicted molar refractivity (Wildman–Crippen MR) is 144 cm³/mol. The van der Waals surface area contributed by atoms with Gasteiger partial charge in [-0.2, -0.15) is 0 Å². The first-order valence-electron chi connectivity index (χ1n) is 13.3. The van der Waals surface area contributed by atoms with Crippen LogP contribution in [0.1, 0.15) is 119 Å². The van der Waals surface area contributed by atoms with Crippen molar-refractivity contribution < 1.29 is 0 Å². The van der Waals surface area contributed by atoms with Gasteiger partial charge in [0.2, 0.25) is 0 Å². The molecule has 182 valence electrons. The van der Waals surface area contributed by atoms with Gasteiger partial charge in [0, 0.05) is 39.3 Å². The van der Waals surface area contributed by atoms with Crippen molar-refractivity contribution in [2.24, 2.45) is 0 Å². The van der Waals surface area contributed by atoms with Gasteiger partial charge in [0.15, 0.2) is 0 Å². The fourth-order valence-electron chi connectivity index (χ4n) is 4.00. The van der Waals surface area contributed by atoms with E-state index < -0.39 is 7.87 Å². The van der Waals surface area contributed by atoms with Gasteiger partial charge in [0.05, 0.1) is 0 Å². The molecule has 0 aliphatic carbocycles. The fourth-order valence-corrected chi connectivity index (χ4v) is 9.55. The minimum atomic E-state index is -1.77. The van der Waals surface area contributed by atoms with Crippen LogP contribution in [0.4, 0.5) is 0 Å². The summed E-state index contributed by atoms with van der Waals surface area (Å²) in [4.78, 5) is 3.97. The van der Waals surface area contributed by atoms with E-state index in [1.807, 2.05) is 0 Å². The Bertz CT molecular complexity index is 297. The SMILES string of the molecule is CCCCN(CCCC)[P+](NP)(N(CCCC)CCCC)N(CCCC)CCCC. The van der Waals surface area contributed by atoms with Gasteiger partial charge in [-0.15, -0.1) is 18.9 Å². The molecule has 1 atom stereocenters. The van der Waals surface area contributed by atoms with Crippen molar-refractivity contribution in [2.75, 3.05) is 39.3 Å². The number of hydrogen-bond donors (Lipinski definition) is 1. The lowest BCUT2D eigenvalue weighted by molar-refractivity contribution is 0.279. The van der Waals surface area contributed by atoms with Crippen LogP contribution in [0.5, 0.6) is 0 Å². The van der Waals surface area contributed by atoms with Crippen molar-refractivity contribution in [1.82, 2.24) is 18.9 Å². The molecule has 30 heavy (non-hydrogen) atoms. The summed E-state index contributed by atoms with van der Waals surface area (Å²) in [6.07, 6.45) is 15.4. The van der Waals surface area contributed by atoms with E-state index in [0.717, 1.165) is 0 Å². The van der Waals surface area contributed by atoms with Gasteiger partial charge in [-0.3, -0.25) is 0 Å². The van der Waals surface area contributed by atoms with E-state index in [0.29, 0.717) is 0 Å². The first-order chi connectivity index (χ1) is 14.6. The highest BCUT2D eigenvalue weighted by molar-refractivity contribution is 7.71. The monoisotopic (exact) mass is 463 g/mol. The molecular weight excluding hydrogens is 406 g/mol. The van der Waals surface area contributed by atoms with Gasteiger partial charge in [-0.1, -0.05) is 80.1 Å². The molecule has 0 aliphatic heterocycles. The molecular formula is C24H57N4P2+. The molecule has 0 heterocycles. The second-order valence-electron chi connectivity index (χ2n) is 8.68. The molecule has 0 spiro atoms. The molecule has 0 aromatic rings. The third-order valence-corrected chi connectivity index (χ3v) is 10.9.